The van der Waals surface area contributed by atoms with Gasteiger partial charge in [-0.1, -0.05) is 24.3 Å². The van der Waals surface area contributed by atoms with E-state index in [1.807, 2.05) is 32.0 Å². The number of nitrogens with zero attached hydrogens (tertiary/aromatic N) is 1. The third-order valence-electron chi connectivity index (χ3n) is 3.26. The molecule has 0 radical (unpaired) electrons. The lowest BCUT2D eigenvalue weighted by atomic mass is 10.1. The Labute approximate surface area is 135 Å². The van der Waals surface area contributed by atoms with Crippen LogP contribution >= 0.6 is 0 Å². The molecular weight excluding hydrogens is 290 g/mol. The number of anilines is 1. The van der Waals surface area contributed by atoms with Gasteiger partial charge in [0.05, 0.1) is 0 Å². The molecule has 0 aliphatic carbocycles. The Balaban J connectivity index is 2.18. The molecule has 0 unspecified atom stereocenters. The maximum Gasteiger partial charge on any atom is 0.274 e. The average molecular weight is 309 g/mol. The molecule has 1 aromatic heterocycles. The summed E-state index contributed by atoms with van der Waals surface area (Å²) in [6, 6.07) is 10.6. The highest BCUT2D eigenvalue weighted by molar-refractivity contribution is 6.04. The van der Waals surface area contributed by atoms with Gasteiger partial charge in [0.25, 0.3) is 11.8 Å². The zero-order chi connectivity index (χ0) is 16.8. The highest BCUT2D eigenvalue weighted by Crippen LogP contribution is 2.17. The molecule has 0 atom stereocenters. The summed E-state index contributed by atoms with van der Waals surface area (Å²) in [5, 5.41) is 5.46. The van der Waals surface area contributed by atoms with Gasteiger partial charge in [0.2, 0.25) is 0 Å². The Bertz CT molecular complexity index is 754. The van der Waals surface area contributed by atoms with Crippen molar-refractivity contribution in [2.75, 3.05) is 11.9 Å². The number of hydrogen-bond donors (Lipinski definition) is 2. The lowest BCUT2D eigenvalue weighted by molar-refractivity contribution is 0.0953. The predicted octanol–water partition coefficient (Wildman–Crippen LogP) is 2.87. The minimum atomic E-state index is -0.350. The lowest BCUT2D eigenvalue weighted by Gasteiger charge is -2.09. The lowest BCUT2D eigenvalue weighted by Crippen LogP contribution is -2.25. The van der Waals surface area contributed by atoms with E-state index in [0.717, 1.165) is 16.8 Å². The van der Waals surface area contributed by atoms with Gasteiger partial charge in [-0.3, -0.25) is 9.59 Å². The van der Waals surface area contributed by atoms with Crippen molar-refractivity contribution in [1.82, 2.24) is 10.3 Å². The quantitative estimate of drug-likeness (QED) is 0.834. The maximum atomic E-state index is 12.3. The van der Waals surface area contributed by atoms with Crippen LogP contribution in [0.4, 0.5) is 5.69 Å². The molecule has 0 aliphatic rings. The molecule has 23 heavy (non-hydrogen) atoms. The number of amides is 2. The van der Waals surface area contributed by atoms with Crippen molar-refractivity contribution in [2.24, 2.45) is 0 Å². The molecule has 118 valence electrons. The van der Waals surface area contributed by atoms with E-state index in [-0.39, 0.29) is 23.2 Å². The largest absolute Gasteiger partial charge is 0.347 e. The van der Waals surface area contributed by atoms with Crippen LogP contribution in [0, 0.1) is 13.8 Å². The molecule has 0 saturated heterocycles. The first-order valence-corrected chi connectivity index (χ1v) is 7.26. The summed E-state index contributed by atoms with van der Waals surface area (Å²) in [5.41, 5.74) is 3.14. The minimum absolute atomic E-state index is 0.192. The molecular formula is C18H19N3O2. The molecule has 2 aromatic rings. The first kappa shape index (κ1) is 16.4. The highest BCUT2D eigenvalue weighted by atomic mass is 16.2. The number of nitrogens with one attached hydrogen (secondary N) is 2. The third-order valence-corrected chi connectivity index (χ3v) is 3.26. The second-order valence-electron chi connectivity index (χ2n) is 5.18. The van der Waals surface area contributed by atoms with Gasteiger partial charge < -0.3 is 10.6 Å². The van der Waals surface area contributed by atoms with Gasteiger partial charge in [0, 0.05) is 12.2 Å². The first-order valence-electron chi connectivity index (χ1n) is 7.26. The number of aromatic nitrogens is 1. The van der Waals surface area contributed by atoms with Crippen molar-refractivity contribution < 1.29 is 9.59 Å². The highest BCUT2D eigenvalue weighted by Gasteiger charge is 2.13. The Morgan fingerprint density at radius 2 is 1.83 bits per heavy atom. The Morgan fingerprint density at radius 3 is 2.52 bits per heavy atom. The summed E-state index contributed by atoms with van der Waals surface area (Å²) in [4.78, 5) is 28.3. The summed E-state index contributed by atoms with van der Waals surface area (Å²) in [6.07, 6.45) is 1.58. The van der Waals surface area contributed by atoms with Gasteiger partial charge >= 0.3 is 0 Å². The summed E-state index contributed by atoms with van der Waals surface area (Å²) >= 11 is 0. The number of pyridine rings is 1. The number of rotatable bonds is 5. The van der Waals surface area contributed by atoms with E-state index in [2.05, 4.69) is 22.2 Å². The molecule has 2 N–H and O–H groups in total. The van der Waals surface area contributed by atoms with Crippen molar-refractivity contribution in [3.05, 3.63) is 71.6 Å². The maximum absolute atomic E-state index is 12.3. The number of carbonyl (C=O) groups excluding carboxylic acids is 2. The fraction of sp³-hybridized carbons (Fsp3) is 0.167. The van der Waals surface area contributed by atoms with E-state index in [0.29, 0.717) is 6.54 Å². The molecule has 2 amide bonds. The fourth-order valence-corrected chi connectivity index (χ4v) is 2.00. The van der Waals surface area contributed by atoms with Crippen molar-refractivity contribution in [2.45, 2.75) is 13.8 Å². The molecule has 1 aromatic carbocycles. The second kappa shape index (κ2) is 7.35. The van der Waals surface area contributed by atoms with Gasteiger partial charge in [-0.2, -0.15) is 0 Å². The number of aryl methyl sites for hydroxylation is 2. The van der Waals surface area contributed by atoms with E-state index in [4.69, 9.17) is 0 Å². The predicted molar refractivity (Wildman–Crippen MR) is 90.6 cm³/mol. The molecule has 0 aliphatic heterocycles. The normalized spacial score (nSPS) is 10.0. The molecule has 0 fully saturated rings. The Morgan fingerprint density at radius 1 is 1.13 bits per heavy atom. The summed E-state index contributed by atoms with van der Waals surface area (Å²) in [5.74, 6) is -0.691. The van der Waals surface area contributed by atoms with Crippen molar-refractivity contribution >= 4 is 17.5 Å². The van der Waals surface area contributed by atoms with Crippen LogP contribution in [0.3, 0.4) is 0 Å². The minimum Gasteiger partial charge on any atom is -0.347 e. The van der Waals surface area contributed by atoms with E-state index in [1.54, 1.807) is 24.3 Å². The third kappa shape index (κ3) is 4.26. The van der Waals surface area contributed by atoms with Gasteiger partial charge in [-0.15, -0.1) is 6.58 Å². The monoisotopic (exact) mass is 309 g/mol. The molecule has 0 saturated carbocycles. The van der Waals surface area contributed by atoms with E-state index in [1.165, 1.54) is 0 Å². The SMILES string of the molecule is C=CCNC(=O)c1cccc(C(=O)Nc2cc(C)ccc2C)n1. The Kier molecular flexibility index (Phi) is 5.25. The molecule has 5 heteroatoms. The van der Waals surface area contributed by atoms with E-state index < -0.39 is 0 Å². The van der Waals surface area contributed by atoms with Crippen LogP contribution in [-0.4, -0.2) is 23.3 Å². The van der Waals surface area contributed by atoms with Crippen LogP contribution in [0.1, 0.15) is 32.1 Å². The van der Waals surface area contributed by atoms with Crippen LogP contribution in [0.5, 0.6) is 0 Å². The summed E-state index contributed by atoms with van der Waals surface area (Å²) in [7, 11) is 0. The second-order valence-corrected chi connectivity index (χ2v) is 5.18. The molecule has 0 bridgehead atoms. The zero-order valence-electron chi connectivity index (χ0n) is 13.2. The van der Waals surface area contributed by atoms with E-state index >= 15 is 0 Å². The van der Waals surface area contributed by atoms with Crippen LogP contribution < -0.4 is 10.6 Å². The smallest absolute Gasteiger partial charge is 0.274 e. The van der Waals surface area contributed by atoms with Crippen molar-refractivity contribution in [3.8, 4) is 0 Å². The standard InChI is InChI=1S/C18H19N3O2/c1-4-10-19-17(22)14-6-5-7-15(20-14)18(23)21-16-11-12(2)8-9-13(16)3/h4-9,11H,1,10H2,2-3H3,(H,19,22)(H,21,23). The zero-order valence-corrected chi connectivity index (χ0v) is 13.2. The molecule has 1 heterocycles. The van der Waals surface area contributed by atoms with Gasteiger partial charge in [0.15, 0.2) is 0 Å². The number of benzene rings is 1. The summed E-state index contributed by atoms with van der Waals surface area (Å²) in [6.45, 7) is 7.76. The molecule has 2 rings (SSSR count). The Hall–Kier alpha value is -2.95. The van der Waals surface area contributed by atoms with Gasteiger partial charge in [0.1, 0.15) is 11.4 Å². The van der Waals surface area contributed by atoms with Crippen molar-refractivity contribution in [3.63, 3.8) is 0 Å². The number of hydrogen-bond acceptors (Lipinski definition) is 3. The first-order chi connectivity index (χ1) is 11.0. The molecule has 0 spiro atoms. The van der Waals surface area contributed by atoms with Crippen LogP contribution in [0.15, 0.2) is 49.1 Å². The topological polar surface area (TPSA) is 71.1 Å². The van der Waals surface area contributed by atoms with Crippen LogP contribution in [0.25, 0.3) is 0 Å². The number of carbonyl (C=O) groups is 2. The van der Waals surface area contributed by atoms with Gasteiger partial charge in [-0.25, -0.2) is 4.98 Å². The average Bonchev–Trinajstić information content (AvgIpc) is 2.56. The molecule has 5 nitrogen and oxygen atoms in total. The van der Waals surface area contributed by atoms with E-state index in [9.17, 15) is 9.59 Å². The van der Waals surface area contributed by atoms with Crippen molar-refractivity contribution in [1.29, 1.82) is 0 Å². The van der Waals surface area contributed by atoms with Crippen LogP contribution in [0.2, 0.25) is 0 Å². The van der Waals surface area contributed by atoms with Crippen LogP contribution in [-0.2, 0) is 0 Å². The summed E-state index contributed by atoms with van der Waals surface area (Å²) < 4.78 is 0. The van der Waals surface area contributed by atoms with Gasteiger partial charge in [-0.05, 0) is 43.2 Å². The fourth-order valence-electron chi connectivity index (χ4n) is 2.00.